The van der Waals surface area contributed by atoms with Crippen LogP contribution < -0.4 is 10.9 Å². The Kier molecular flexibility index (Phi) is 3.70. The number of aromatic amines is 2. The molecule has 2 unspecified atom stereocenters. The molecule has 0 bridgehead atoms. The largest absolute Gasteiger partial charge is 0.504 e. The summed E-state index contributed by atoms with van der Waals surface area (Å²) in [6, 6.07) is 8.42. The van der Waals surface area contributed by atoms with Gasteiger partial charge in [-0.25, -0.2) is 0 Å². The molecule has 8 heteroatoms. The van der Waals surface area contributed by atoms with E-state index in [0.717, 1.165) is 10.6 Å². The molecule has 0 fully saturated rings. The third-order valence-corrected chi connectivity index (χ3v) is 6.49. The zero-order valence-corrected chi connectivity index (χ0v) is 15.5. The van der Waals surface area contributed by atoms with Crippen molar-refractivity contribution < 1.29 is 15.0 Å². The maximum atomic E-state index is 13.2. The molecule has 1 aromatic carbocycles. The second kappa shape index (κ2) is 6.13. The zero-order chi connectivity index (χ0) is 19.4. The Morgan fingerprint density at radius 1 is 1.04 bits per heavy atom. The van der Waals surface area contributed by atoms with Crippen molar-refractivity contribution in [2.45, 2.75) is 24.7 Å². The Hall–Kier alpha value is -3.26. The van der Waals surface area contributed by atoms with Crippen molar-refractivity contribution in [1.29, 1.82) is 0 Å². The summed E-state index contributed by atoms with van der Waals surface area (Å²) in [4.78, 5) is 26.8. The fourth-order valence-electron chi connectivity index (χ4n) is 4.20. The minimum absolute atomic E-state index is 0.0176. The lowest BCUT2D eigenvalue weighted by Gasteiger charge is -2.34. The molecule has 2 atom stereocenters. The minimum atomic E-state index is -0.607. The van der Waals surface area contributed by atoms with Crippen LogP contribution in [0.15, 0.2) is 51.8 Å². The number of ketones is 1. The highest BCUT2D eigenvalue weighted by atomic mass is 32.1. The van der Waals surface area contributed by atoms with Gasteiger partial charge in [0.25, 0.3) is 5.56 Å². The summed E-state index contributed by atoms with van der Waals surface area (Å²) in [5.74, 6) is -0.532. The van der Waals surface area contributed by atoms with Crippen LogP contribution in [-0.2, 0) is 4.79 Å². The number of rotatable bonds is 2. The van der Waals surface area contributed by atoms with Crippen LogP contribution in [0.25, 0.3) is 0 Å². The number of H-pyrrole nitrogens is 2. The van der Waals surface area contributed by atoms with Crippen molar-refractivity contribution in [2.75, 3.05) is 5.32 Å². The van der Waals surface area contributed by atoms with Gasteiger partial charge in [0.05, 0.1) is 5.56 Å². The van der Waals surface area contributed by atoms with Gasteiger partial charge in [0, 0.05) is 34.4 Å². The van der Waals surface area contributed by atoms with Crippen LogP contribution in [0.4, 0.5) is 5.82 Å². The molecule has 5 rings (SSSR count). The molecule has 0 radical (unpaired) electrons. The SMILES string of the molecule is O=C1CC(c2cccs2)CC2=C1C(c1ccc(O)c(O)c1)c1c([nH][nH]c1=O)N2. The highest BCUT2D eigenvalue weighted by Crippen LogP contribution is 2.47. The molecule has 0 amide bonds. The number of phenolic OH excluding ortho intramolecular Hbond substituents is 2. The topological polar surface area (TPSA) is 118 Å². The van der Waals surface area contributed by atoms with Crippen LogP contribution in [0.1, 0.15) is 40.7 Å². The number of phenols is 2. The van der Waals surface area contributed by atoms with Crippen LogP contribution in [0, 0.1) is 0 Å². The van der Waals surface area contributed by atoms with Crippen molar-refractivity contribution in [1.82, 2.24) is 10.2 Å². The molecular weight excluding hydrogens is 378 g/mol. The van der Waals surface area contributed by atoms with Crippen molar-refractivity contribution in [3.63, 3.8) is 0 Å². The van der Waals surface area contributed by atoms with E-state index in [1.807, 2.05) is 17.5 Å². The summed E-state index contributed by atoms with van der Waals surface area (Å²) < 4.78 is 0. The zero-order valence-electron chi connectivity index (χ0n) is 14.7. The lowest BCUT2D eigenvalue weighted by atomic mass is 9.74. The molecule has 0 saturated carbocycles. The number of hydrogen-bond acceptors (Lipinski definition) is 6. The average Bonchev–Trinajstić information content (AvgIpc) is 3.33. The molecule has 0 saturated heterocycles. The van der Waals surface area contributed by atoms with Crippen molar-refractivity contribution in [3.05, 3.63) is 73.3 Å². The molecule has 28 heavy (non-hydrogen) atoms. The first-order valence-corrected chi connectivity index (χ1v) is 9.80. The van der Waals surface area contributed by atoms with Crippen LogP contribution in [-0.4, -0.2) is 26.2 Å². The number of aromatic nitrogens is 2. The number of thiophene rings is 1. The van der Waals surface area contributed by atoms with Gasteiger partial charge in [0.15, 0.2) is 17.3 Å². The van der Waals surface area contributed by atoms with Crippen LogP contribution in [0.3, 0.4) is 0 Å². The average molecular weight is 395 g/mol. The van der Waals surface area contributed by atoms with Gasteiger partial charge in [0.2, 0.25) is 0 Å². The quantitative estimate of drug-likeness (QED) is 0.427. The number of allylic oxidation sites excluding steroid dienone is 2. The predicted molar refractivity (Wildman–Crippen MR) is 105 cm³/mol. The van der Waals surface area contributed by atoms with E-state index in [0.29, 0.717) is 35.4 Å². The van der Waals surface area contributed by atoms with E-state index in [2.05, 4.69) is 15.5 Å². The van der Waals surface area contributed by atoms with Gasteiger partial charge in [-0.2, -0.15) is 0 Å². The summed E-state index contributed by atoms with van der Waals surface area (Å²) in [6.07, 6.45) is 1.04. The fourth-order valence-corrected chi connectivity index (χ4v) is 5.03. The first-order valence-electron chi connectivity index (χ1n) is 8.92. The first kappa shape index (κ1) is 16.9. The summed E-state index contributed by atoms with van der Waals surface area (Å²) >= 11 is 1.63. The molecule has 5 N–H and O–H groups in total. The molecule has 1 aliphatic heterocycles. The van der Waals surface area contributed by atoms with E-state index in [1.54, 1.807) is 17.4 Å². The highest BCUT2D eigenvalue weighted by Gasteiger charge is 2.40. The second-order valence-electron chi connectivity index (χ2n) is 7.11. The van der Waals surface area contributed by atoms with E-state index in [1.165, 1.54) is 12.1 Å². The van der Waals surface area contributed by atoms with Crippen molar-refractivity contribution in [2.24, 2.45) is 0 Å². The number of carbonyl (C=O) groups excluding carboxylic acids is 1. The Labute approximate surface area is 163 Å². The normalized spacial score (nSPS) is 21.2. The molecule has 3 aromatic rings. The van der Waals surface area contributed by atoms with Gasteiger partial charge in [0.1, 0.15) is 5.82 Å². The molecular formula is C20H17N3O4S. The minimum Gasteiger partial charge on any atom is -0.504 e. The van der Waals surface area contributed by atoms with Crippen LogP contribution >= 0.6 is 11.3 Å². The Morgan fingerprint density at radius 2 is 1.89 bits per heavy atom. The molecule has 1 aliphatic carbocycles. The second-order valence-corrected chi connectivity index (χ2v) is 8.09. The number of benzene rings is 1. The molecule has 142 valence electrons. The highest BCUT2D eigenvalue weighted by molar-refractivity contribution is 7.10. The third kappa shape index (κ3) is 2.49. The molecule has 0 spiro atoms. The first-order chi connectivity index (χ1) is 13.5. The number of aromatic hydroxyl groups is 2. The maximum Gasteiger partial charge on any atom is 0.270 e. The predicted octanol–water partition coefficient (Wildman–Crippen LogP) is 3.13. The van der Waals surface area contributed by atoms with Gasteiger partial charge in [-0.05, 0) is 35.6 Å². The van der Waals surface area contributed by atoms with Crippen molar-refractivity contribution in [3.8, 4) is 11.5 Å². The maximum absolute atomic E-state index is 13.2. The standard InChI is InChI=1S/C20H17N3O4S/c24-12-4-3-9(7-13(12)25)16-17-11(21-19-18(16)20(27)23-22-19)6-10(8-14(17)26)15-2-1-5-28-15/h1-5,7,10,16,24-25H,6,8H2,(H3,21,22,23,27). The van der Waals surface area contributed by atoms with Gasteiger partial charge < -0.3 is 15.5 Å². The lowest BCUT2D eigenvalue weighted by Crippen LogP contribution is -2.31. The van der Waals surface area contributed by atoms with E-state index in [4.69, 9.17) is 0 Å². The number of fused-ring (bicyclic) bond motifs is 1. The van der Waals surface area contributed by atoms with Gasteiger partial charge in [-0.1, -0.05) is 12.1 Å². The number of carbonyl (C=O) groups is 1. The monoisotopic (exact) mass is 395 g/mol. The van der Waals surface area contributed by atoms with E-state index >= 15 is 0 Å². The number of Topliss-reactive ketones (excluding diaryl/α,β-unsaturated/α-hetero) is 1. The summed E-state index contributed by atoms with van der Waals surface area (Å²) in [5, 5.41) is 30.3. The number of nitrogens with one attached hydrogen (secondary N) is 3. The van der Waals surface area contributed by atoms with Crippen molar-refractivity contribution >= 4 is 22.9 Å². The van der Waals surface area contributed by atoms with E-state index in [-0.39, 0.29) is 28.8 Å². The molecule has 2 aliphatic rings. The molecule has 2 aromatic heterocycles. The number of anilines is 1. The molecule has 3 heterocycles. The Bertz CT molecular complexity index is 1170. The third-order valence-electron chi connectivity index (χ3n) is 5.45. The van der Waals surface area contributed by atoms with Crippen LogP contribution in [0.5, 0.6) is 11.5 Å². The lowest BCUT2D eigenvalue weighted by molar-refractivity contribution is -0.116. The van der Waals surface area contributed by atoms with Gasteiger partial charge >= 0.3 is 0 Å². The Morgan fingerprint density at radius 3 is 2.64 bits per heavy atom. The van der Waals surface area contributed by atoms with Crippen LogP contribution in [0.2, 0.25) is 0 Å². The number of hydrogen-bond donors (Lipinski definition) is 5. The summed E-state index contributed by atoms with van der Waals surface area (Å²) in [5.41, 5.74) is 2.01. The fraction of sp³-hybridized carbons (Fsp3) is 0.200. The molecule has 7 nitrogen and oxygen atoms in total. The van der Waals surface area contributed by atoms with E-state index < -0.39 is 5.92 Å². The van der Waals surface area contributed by atoms with E-state index in [9.17, 15) is 19.8 Å². The van der Waals surface area contributed by atoms with Gasteiger partial charge in [-0.15, -0.1) is 11.3 Å². The smallest absolute Gasteiger partial charge is 0.270 e. The summed E-state index contributed by atoms with van der Waals surface area (Å²) in [7, 11) is 0. The summed E-state index contributed by atoms with van der Waals surface area (Å²) in [6.45, 7) is 0. The Balaban J connectivity index is 1.67. The van der Waals surface area contributed by atoms with Gasteiger partial charge in [-0.3, -0.25) is 19.8 Å².